The van der Waals surface area contributed by atoms with Crippen molar-refractivity contribution in [3.63, 3.8) is 0 Å². The third kappa shape index (κ3) is 2.97. The number of ketones is 1. The third-order valence-electron chi connectivity index (χ3n) is 3.89. The van der Waals surface area contributed by atoms with E-state index in [0.29, 0.717) is 11.3 Å². The minimum atomic E-state index is -0.688. The van der Waals surface area contributed by atoms with Crippen LogP contribution in [0.4, 0.5) is 0 Å². The normalized spacial score (nSPS) is 13.6. The minimum absolute atomic E-state index is 0.0396. The lowest BCUT2D eigenvalue weighted by Crippen LogP contribution is -2.13. The zero-order valence-electron chi connectivity index (χ0n) is 12.7. The van der Waals surface area contributed by atoms with Crippen molar-refractivity contribution in [3.8, 4) is 0 Å². The molecular weight excluding hydrogens is 354 g/mol. The molecular formula is C16H13ClNO5S+. The van der Waals surface area contributed by atoms with Crippen LogP contribution in [0.15, 0.2) is 22.9 Å². The molecule has 1 aliphatic rings. The molecule has 24 heavy (non-hydrogen) atoms. The molecule has 0 aliphatic heterocycles. The largest absolute Gasteiger partial charge is 0.465 e. The van der Waals surface area contributed by atoms with Gasteiger partial charge in [0.2, 0.25) is 0 Å². The highest BCUT2D eigenvalue weighted by atomic mass is 35.5. The van der Waals surface area contributed by atoms with Crippen LogP contribution < -0.4 is 0 Å². The first-order valence-electron chi connectivity index (χ1n) is 7.22. The van der Waals surface area contributed by atoms with Crippen LogP contribution >= 0.6 is 11.6 Å². The summed E-state index contributed by atoms with van der Waals surface area (Å²) in [6, 6.07) is 2.96. The van der Waals surface area contributed by atoms with Crippen LogP contribution in [0.5, 0.6) is 0 Å². The number of aromatic nitrogens is 1. The number of nitrogens with zero attached hydrogens (tertiary/aromatic N) is 1. The summed E-state index contributed by atoms with van der Waals surface area (Å²) in [6.45, 7) is 0. The van der Waals surface area contributed by atoms with Gasteiger partial charge in [0.05, 0.1) is 29.5 Å². The lowest BCUT2D eigenvalue weighted by atomic mass is 9.95. The number of hydrogen-bond donors (Lipinski definition) is 0. The standard InChI is InChI=1S/C16H13ClNO5S/c1-22-16(20)13-11(7-24-21)9(4-5-12(13)17)14(19)10-6-18-23-15(10)8-2-3-8/h4-6,8H,2-3,7H2,1H3/q+1. The molecule has 124 valence electrons. The Morgan fingerprint density at radius 3 is 2.75 bits per heavy atom. The maximum Gasteiger partial charge on any atom is 0.463 e. The minimum Gasteiger partial charge on any atom is -0.465 e. The summed E-state index contributed by atoms with van der Waals surface area (Å²) >= 11 is 6.33. The van der Waals surface area contributed by atoms with Crippen LogP contribution in [-0.2, 0) is 26.4 Å². The van der Waals surface area contributed by atoms with Gasteiger partial charge in [0.15, 0.2) is 11.5 Å². The highest BCUT2D eigenvalue weighted by molar-refractivity contribution is 7.64. The van der Waals surface area contributed by atoms with Crippen LogP contribution in [0.3, 0.4) is 0 Å². The lowest BCUT2D eigenvalue weighted by Gasteiger charge is -2.10. The molecule has 0 unspecified atom stereocenters. The molecule has 2 aromatic rings. The van der Waals surface area contributed by atoms with Gasteiger partial charge in [-0.15, -0.1) is 0 Å². The van der Waals surface area contributed by atoms with E-state index in [-0.39, 0.29) is 50.8 Å². The molecule has 1 saturated carbocycles. The maximum absolute atomic E-state index is 12.9. The van der Waals surface area contributed by atoms with Gasteiger partial charge in [0.1, 0.15) is 0 Å². The Morgan fingerprint density at radius 1 is 1.38 bits per heavy atom. The summed E-state index contributed by atoms with van der Waals surface area (Å²) < 4.78 is 21.0. The number of carbonyl (C=O) groups excluding carboxylic acids is 2. The number of esters is 1. The molecule has 0 N–H and O–H groups in total. The molecule has 1 heterocycles. The average molecular weight is 367 g/mol. The van der Waals surface area contributed by atoms with E-state index in [2.05, 4.69) is 5.16 Å². The van der Waals surface area contributed by atoms with Gasteiger partial charge >= 0.3 is 17.6 Å². The Morgan fingerprint density at radius 2 is 2.12 bits per heavy atom. The van der Waals surface area contributed by atoms with Crippen LogP contribution in [0.2, 0.25) is 5.02 Å². The molecule has 1 fully saturated rings. The van der Waals surface area contributed by atoms with Gasteiger partial charge in [-0.05, 0) is 25.0 Å². The van der Waals surface area contributed by atoms with Crippen LogP contribution in [0.25, 0.3) is 0 Å². The fourth-order valence-corrected chi connectivity index (χ4v) is 3.24. The topological polar surface area (TPSA) is 86.5 Å². The molecule has 0 amide bonds. The van der Waals surface area contributed by atoms with Crippen molar-refractivity contribution in [2.45, 2.75) is 24.5 Å². The summed E-state index contributed by atoms with van der Waals surface area (Å²) in [7, 11) is 1.21. The Kier molecular flexibility index (Phi) is 4.73. The number of hydrogen-bond acceptors (Lipinski definition) is 6. The van der Waals surface area contributed by atoms with Crippen molar-refractivity contribution in [2.24, 2.45) is 0 Å². The predicted octanol–water partition coefficient (Wildman–Crippen LogP) is 3.15. The lowest BCUT2D eigenvalue weighted by molar-refractivity contribution is 0.0600. The zero-order valence-corrected chi connectivity index (χ0v) is 14.3. The Balaban J connectivity index is 2.12. The smallest absolute Gasteiger partial charge is 0.463 e. The van der Waals surface area contributed by atoms with E-state index >= 15 is 0 Å². The first-order chi connectivity index (χ1) is 11.6. The van der Waals surface area contributed by atoms with Crippen LogP contribution in [0, 0.1) is 0 Å². The van der Waals surface area contributed by atoms with E-state index in [0.717, 1.165) is 12.8 Å². The van der Waals surface area contributed by atoms with Gasteiger partial charge in [-0.25, -0.2) is 4.79 Å². The van der Waals surface area contributed by atoms with E-state index < -0.39 is 5.97 Å². The molecule has 1 aromatic heterocycles. The van der Waals surface area contributed by atoms with Gasteiger partial charge in [-0.2, -0.15) is 0 Å². The molecule has 1 aliphatic carbocycles. The third-order valence-corrected chi connectivity index (χ3v) is 4.61. The van der Waals surface area contributed by atoms with Gasteiger partial charge in [0.25, 0.3) is 5.75 Å². The summed E-state index contributed by atoms with van der Waals surface area (Å²) in [5.74, 6) is -0.363. The Labute approximate surface area is 146 Å². The average Bonchev–Trinajstić information content (AvgIpc) is 3.31. The number of halogens is 1. The number of benzene rings is 1. The molecule has 1 aromatic carbocycles. The second kappa shape index (κ2) is 6.78. The molecule has 0 atom stereocenters. The van der Waals surface area contributed by atoms with Crippen LogP contribution in [0.1, 0.15) is 56.4 Å². The van der Waals surface area contributed by atoms with E-state index in [1.54, 1.807) is 0 Å². The number of rotatable bonds is 6. The quantitative estimate of drug-likeness (QED) is 0.443. The van der Waals surface area contributed by atoms with Crippen molar-refractivity contribution in [2.75, 3.05) is 7.11 Å². The number of ether oxygens (including phenoxy) is 1. The van der Waals surface area contributed by atoms with Crippen molar-refractivity contribution >= 4 is 35.0 Å². The highest BCUT2D eigenvalue weighted by Gasteiger charge is 2.34. The molecule has 8 heteroatoms. The van der Waals surface area contributed by atoms with Crippen molar-refractivity contribution < 1.29 is 23.1 Å². The summed E-state index contributed by atoms with van der Waals surface area (Å²) in [4.78, 5) is 24.9. The van der Waals surface area contributed by atoms with Gasteiger partial charge in [0, 0.05) is 21.3 Å². The Hall–Kier alpha value is -2.12. The van der Waals surface area contributed by atoms with E-state index in [1.807, 2.05) is 0 Å². The fraction of sp³-hybridized carbons (Fsp3) is 0.312. The number of methoxy groups -OCH3 is 1. The first-order valence-corrected chi connectivity index (χ1v) is 8.51. The second-order valence-electron chi connectivity index (χ2n) is 5.41. The summed E-state index contributed by atoms with van der Waals surface area (Å²) in [5, 5.41) is 3.85. The summed E-state index contributed by atoms with van der Waals surface area (Å²) in [5.41, 5.74) is 0.890. The van der Waals surface area contributed by atoms with E-state index in [4.69, 9.17) is 20.9 Å². The predicted molar refractivity (Wildman–Crippen MR) is 86.5 cm³/mol. The SMILES string of the molecule is COC(=O)c1c(Cl)ccc(C(=O)c2cnoc2C2CC2)c1C[S+]=O. The fourth-order valence-electron chi connectivity index (χ4n) is 2.57. The summed E-state index contributed by atoms with van der Waals surface area (Å²) in [6.07, 6.45) is 3.27. The van der Waals surface area contributed by atoms with Crippen molar-refractivity contribution in [1.29, 1.82) is 0 Å². The van der Waals surface area contributed by atoms with Crippen molar-refractivity contribution in [1.82, 2.24) is 5.16 Å². The number of carbonyl (C=O) groups is 2. The Bertz CT molecular complexity index is 828. The monoisotopic (exact) mass is 366 g/mol. The first kappa shape index (κ1) is 16.7. The highest BCUT2D eigenvalue weighted by Crippen LogP contribution is 2.42. The molecule has 6 nitrogen and oxygen atoms in total. The second-order valence-corrected chi connectivity index (χ2v) is 6.34. The molecule has 3 rings (SSSR count). The van der Waals surface area contributed by atoms with Gasteiger partial charge < -0.3 is 9.26 Å². The molecule has 0 spiro atoms. The molecule has 0 radical (unpaired) electrons. The zero-order chi connectivity index (χ0) is 17.3. The van der Waals surface area contributed by atoms with Crippen molar-refractivity contribution in [3.05, 3.63) is 51.4 Å². The van der Waals surface area contributed by atoms with E-state index in [9.17, 15) is 13.8 Å². The van der Waals surface area contributed by atoms with Gasteiger partial charge in [-0.3, -0.25) is 4.79 Å². The molecule has 0 bridgehead atoms. The molecule has 0 saturated heterocycles. The van der Waals surface area contributed by atoms with Crippen LogP contribution in [-0.4, -0.2) is 24.0 Å². The van der Waals surface area contributed by atoms with Gasteiger partial charge in [-0.1, -0.05) is 16.8 Å². The maximum atomic E-state index is 12.9. The van der Waals surface area contributed by atoms with E-state index in [1.165, 1.54) is 25.4 Å².